The average Bonchev–Trinajstić information content (AvgIpc) is 3.09. The van der Waals surface area contributed by atoms with Gasteiger partial charge in [0.05, 0.1) is 18.1 Å². The van der Waals surface area contributed by atoms with Gasteiger partial charge in [0.25, 0.3) is 0 Å². The second-order valence-electron chi connectivity index (χ2n) is 7.35. The fourth-order valence-corrected chi connectivity index (χ4v) is 4.27. The van der Waals surface area contributed by atoms with Gasteiger partial charge in [-0.15, -0.1) is 0 Å². The van der Waals surface area contributed by atoms with Gasteiger partial charge in [0.1, 0.15) is 6.10 Å². The number of nitrogens with zero attached hydrogens (tertiary/aromatic N) is 1. The zero-order valence-electron chi connectivity index (χ0n) is 13.4. The van der Waals surface area contributed by atoms with Gasteiger partial charge in [-0.25, -0.2) is 0 Å². The molecule has 2 aliphatic heterocycles. The summed E-state index contributed by atoms with van der Waals surface area (Å²) in [6, 6.07) is 0. The van der Waals surface area contributed by atoms with E-state index in [9.17, 15) is 4.79 Å². The predicted molar refractivity (Wildman–Crippen MR) is 81.0 cm³/mol. The molecular formula is C17H29NO3. The van der Waals surface area contributed by atoms with Crippen molar-refractivity contribution in [1.82, 2.24) is 4.90 Å². The Hall–Kier alpha value is -0.610. The summed E-state index contributed by atoms with van der Waals surface area (Å²) in [5, 5.41) is 0. The summed E-state index contributed by atoms with van der Waals surface area (Å²) >= 11 is 0. The topological polar surface area (TPSA) is 38.8 Å². The number of hydrogen-bond donors (Lipinski definition) is 0. The van der Waals surface area contributed by atoms with E-state index in [1.165, 1.54) is 32.1 Å². The minimum absolute atomic E-state index is 0.000349. The highest BCUT2D eigenvalue weighted by atomic mass is 16.6. The first-order valence-electron chi connectivity index (χ1n) is 8.64. The molecule has 1 saturated carbocycles. The minimum Gasteiger partial charge on any atom is -0.460 e. The van der Waals surface area contributed by atoms with Crippen LogP contribution in [0.15, 0.2) is 0 Å². The Balaban J connectivity index is 1.59. The Labute approximate surface area is 128 Å². The molecule has 0 radical (unpaired) electrons. The minimum atomic E-state index is -0.00278. The van der Waals surface area contributed by atoms with Crippen molar-refractivity contribution in [3.63, 3.8) is 0 Å². The van der Waals surface area contributed by atoms with Crippen LogP contribution in [0.25, 0.3) is 0 Å². The molecule has 3 rings (SSSR count). The van der Waals surface area contributed by atoms with Crippen molar-refractivity contribution < 1.29 is 14.3 Å². The smallest absolute Gasteiger partial charge is 0.312 e. The summed E-state index contributed by atoms with van der Waals surface area (Å²) in [5.41, 5.74) is 0. The predicted octanol–water partition coefficient (Wildman–Crippen LogP) is 2.61. The van der Waals surface area contributed by atoms with Crippen molar-refractivity contribution in [2.75, 3.05) is 20.6 Å². The lowest BCUT2D eigenvalue weighted by molar-refractivity contribution is -0.160. The summed E-state index contributed by atoms with van der Waals surface area (Å²) < 4.78 is 11.8. The van der Waals surface area contributed by atoms with Gasteiger partial charge in [0.2, 0.25) is 0 Å². The fraction of sp³-hybridized carbons (Fsp3) is 0.941. The molecule has 4 heteroatoms. The maximum atomic E-state index is 12.5. The largest absolute Gasteiger partial charge is 0.460 e. The third-order valence-corrected chi connectivity index (χ3v) is 5.40. The Morgan fingerprint density at radius 1 is 1.19 bits per heavy atom. The van der Waals surface area contributed by atoms with Crippen LogP contribution in [-0.2, 0) is 14.3 Å². The summed E-state index contributed by atoms with van der Waals surface area (Å²) in [6.45, 7) is 0.845. The van der Waals surface area contributed by atoms with E-state index in [0.717, 1.165) is 25.8 Å². The number of likely N-dealkylation sites (N-methyl/N-ethyl adjacent to an activating group) is 1. The molecule has 21 heavy (non-hydrogen) atoms. The van der Waals surface area contributed by atoms with E-state index in [2.05, 4.69) is 19.0 Å². The van der Waals surface area contributed by atoms with Gasteiger partial charge in [-0.3, -0.25) is 4.79 Å². The second-order valence-corrected chi connectivity index (χ2v) is 7.35. The third kappa shape index (κ3) is 3.59. The molecule has 4 unspecified atom stereocenters. The van der Waals surface area contributed by atoms with Gasteiger partial charge >= 0.3 is 5.97 Å². The summed E-state index contributed by atoms with van der Waals surface area (Å²) in [6.07, 6.45) is 9.85. The molecule has 0 aromatic rings. The number of hydrogen-bond acceptors (Lipinski definition) is 4. The van der Waals surface area contributed by atoms with E-state index in [1.807, 2.05) is 0 Å². The van der Waals surface area contributed by atoms with Gasteiger partial charge < -0.3 is 14.4 Å². The molecular weight excluding hydrogens is 266 g/mol. The molecule has 0 amide bonds. The zero-order chi connectivity index (χ0) is 14.8. The van der Waals surface area contributed by atoms with Crippen molar-refractivity contribution in [1.29, 1.82) is 0 Å². The number of carbonyl (C=O) groups is 1. The van der Waals surface area contributed by atoms with E-state index >= 15 is 0 Å². The van der Waals surface area contributed by atoms with E-state index in [-0.39, 0.29) is 24.1 Å². The lowest BCUT2D eigenvalue weighted by atomic mass is 9.84. The van der Waals surface area contributed by atoms with Crippen LogP contribution in [0.4, 0.5) is 0 Å². The summed E-state index contributed by atoms with van der Waals surface area (Å²) in [7, 11) is 4.12. The van der Waals surface area contributed by atoms with Crippen molar-refractivity contribution in [2.24, 2.45) is 11.8 Å². The number of fused-ring (bicyclic) bond motifs is 2. The quantitative estimate of drug-likeness (QED) is 0.731. The van der Waals surface area contributed by atoms with Crippen molar-refractivity contribution in [3.05, 3.63) is 0 Å². The van der Waals surface area contributed by atoms with Gasteiger partial charge in [-0.1, -0.05) is 19.3 Å². The summed E-state index contributed by atoms with van der Waals surface area (Å²) in [4.78, 5) is 14.7. The molecule has 3 aliphatic rings. The maximum Gasteiger partial charge on any atom is 0.312 e. The fourth-order valence-electron chi connectivity index (χ4n) is 4.27. The van der Waals surface area contributed by atoms with Crippen LogP contribution in [-0.4, -0.2) is 49.8 Å². The van der Waals surface area contributed by atoms with Gasteiger partial charge in [-0.2, -0.15) is 0 Å². The molecule has 0 aromatic carbocycles. The first-order chi connectivity index (χ1) is 10.1. The van der Waals surface area contributed by atoms with Gasteiger partial charge in [0, 0.05) is 6.54 Å². The van der Waals surface area contributed by atoms with E-state index in [0.29, 0.717) is 12.0 Å². The van der Waals surface area contributed by atoms with Crippen LogP contribution in [0.2, 0.25) is 0 Å². The average molecular weight is 295 g/mol. The summed E-state index contributed by atoms with van der Waals surface area (Å²) in [5.74, 6) is 0.543. The molecule has 4 atom stereocenters. The van der Waals surface area contributed by atoms with E-state index in [4.69, 9.17) is 9.47 Å². The lowest BCUT2D eigenvalue weighted by Gasteiger charge is -2.33. The highest BCUT2D eigenvalue weighted by Gasteiger charge is 2.46. The van der Waals surface area contributed by atoms with E-state index in [1.54, 1.807) is 0 Å². The van der Waals surface area contributed by atoms with Crippen LogP contribution < -0.4 is 0 Å². The molecule has 2 heterocycles. The molecule has 120 valence electrons. The van der Waals surface area contributed by atoms with Crippen LogP contribution in [0, 0.1) is 11.8 Å². The number of esters is 1. The lowest BCUT2D eigenvalue weighted by Crippen LogP contribution is -2.40. The molecule has 3 fully saturated rings. The third-order valence-electron chi connectivity index (χ3n) is 5.40. The van der Waals surface area contributed by atoms with Crippen LogP contribution in [0.1, 0.15) is 51.4 Å². The molecule has 0 spiro atoms. The highest BCUT2D eigenvalue weighted by Crippen LogP contribution is 2.40. The van der Waals surface area contributed by atoms with Gasteiger partial charge in [-0.05, 0) is 52.1 Å². The van der Waals surface area contributed by atoms with E-state index < -0.39 is 0 Å². The van der Waals surface area contributed by atoms with Crippen molar-refractivity contribution >= 4 is 5.97 Å². The van der Waals surface area contributed by atoms with Crippen molar-refractivity contribution in [2.45, 2.75) is 69.7 Å². The van der Waals surface area contributed by atoms with Gasteiger partial charge in [0.15, 0.2) is 0 Å². The number of rotatable bonds is 5. The van der Waals surface area contributed by atoms with Crippen LogP contribution in [0.3, 0.4) is 0 Å². The Kier molecular flexibility index (Phi) is 4.85. The van der Waals surface area contributed by atoms with Crippen LogP contribution >= 0.6 is 0 Å². The standard InChI is InChI=1S/C17H29NO3/c1-18(2)11-16(12-6-4-3-5-7-12)21-17(19)14-10-13-8-9-15(14)20-13/h12-16H,3-11H2,1-2H3. The molecule has 0 aromatic heterocycles. The second kappa shape index (κ2) is 6.66. The Morgan fingerprint density at radius 3 is 2.52 bits per heavy atom. The first-order valence-corrected chi connectivity index (χ1v) is 8.64. The molecule has 2 saturated heterocycles. The normalized spacial score (nSPS) is 34.3. The monoisotopic (exact) mass is 295 g/mol. The first kappa shape index (κ1) is 15.3. The highest BCUT2D eigenvalue weighted by molar-refractivity contribution is 5.74. The number of ether oxygens (including phenoxy) is 2. The Bertz CT molecular complexity index is 365. The number of carbonyl (C=O) groups excluding carboxylic acids is 1. The molecule has 1 aliphatic carbocycles. The van der Waals surface area contributed by atoms with Crippen LogP contribution in [0.5, 0.6) is 0 Å². The molecule has 2 bridgehead atoms. The zero-order valence-corrected chi connectivity index (χ0v) is 13.4. The molecule has 4 nitrogen and oxygen atoms in total. The Morgan fingerprint density at radius 2 is 1.95 bits per heavy atom. The SMILES string of the molecule is CN(C)CC(OC(=O)C1CC2CCC1O2)C1CCCCC1. The molecule has 0 N–H and O–H groups in total. The maximum absolute atomic E-state index is 12.5. The van der Waals surface area contributed by atoms with Crippen molar-refractivity contribution in [3.8, 4) is 0 Å².